The quantitative estimate of drug-likeness (QED) is 0.868. The van der Waals surface area contributed by atoms with Gasteiger partial charge in [-0.15, -0.1) is 0 Å². The predicted molar refractivity (Wildman–Crippen MR) is 82.6 cm³/mol. The molecule has 1 aromatic heterocycles. The molecule has 0 aromatic carbocycles. The summed E-state index contributed by atoms with van der Waals surface area (Å²) >= 11 is 0. The minimum Gasteiger partial charge on any atom is -0.466 e. The third kappa shape index (κ3) is 3.90. The Bertz CT molecular complexity index is 549. The van der Waals surface area contributed by atoms with E-state index in [1.54, 1.807) is 19.9 Å². The molecule has 1 fully saturated rings. The van der Waals surface area contributed by atoms with Crippen LogP contribution >= 0.6 is 0 Å². The first-order valence-corrected chi connectivity index (χ1v) is 7.92. The van der Waals surface area contributed by atoms with Crippen molar-refractivity contribution >= 4 is 11.9 Å². The van der Waals surface area contributed by atoms with Crippen molar-refractivity contribution in [3.05, 3.63) is 23.2 Å². The molecule has 22 heavy (non-hydrogen) atoms. The fraction of sp³-hybridized carbons (Fsp3) is 0.647. The molecule has 5 heteroatoms. The van der Waals surface area contributed by atoms with E-state index in [9.17, 15) is 9.59 Å². The van der Waals surface area contributed by atoms with Gasteiger partial charge in [0.15, 0.2) is 6.61 Å². The average molecular weight is 307 g/mol. The fourth-order valence-electron chi connectivity index (χ4n) is 3.08. The molecule has 1 aliphatic carbocycles. The number of hydrogen-bond donors (Lipinski definition) is 1. The van der Waals surface area contributed by atoms with E-state index in [4.69, 9.17) is 9.15 Å². The summed E-state index contributed by atoms with van der Waals surface area (Å²) < 4.78 is 10.4. The van der Waals surface area contributed by atoms with Gasteiger partial charge in [-0.05, 0) is 38.2 Å². The van der Waals surface area contributed by atoms with Crippen LogP contribution in [0.1, 0.15) is 55.0 Å². The zero-order valence-electron chi connectivity index (χ0n) is 13.8. The van der Waals surface area contributed by atoms with E-state index in [1.807, 2.05) is 0 Å². The molecule has 1 heterocycles. The topological polar surface area (TPSA) is 68.5 Å². The number of carbonyl (C=O) groups excluding carboxylic acids is 2. The lowest BCUT2D eigenvalue weighted by Gasteiger charge is -2.34. The van der Waals surface area contributed by atoms with E-state index in [-0.39, 0.29) is 18.6 Å². The number of esters is 1. The molecule has 0 spiro atoms. The van der Waals surface area contributed by atoms with Crippen molar-refractivity contribution in [3.63, 3.8) is 0 Å². The van der Waals surface area contributed by atoms with Gasteiger partial charge in [-0.1, -0.05) is 26.7 Å². The second-order valence-corrected chi connectivity index (χ2v) is 6.34. The van der Waals surface area contributed by atoms with Crippen LogP contribution in [0, 0.1) is 25.7 Å². The number of aryl methyl sites for hydroxylation is 2. The summed E-state index contributed by atoms with van der Waals surface area (Å²) in [6.45, 7) is 7.60. The molecule has 3 atom stereocenters. The fourth-order valence-corrected chi connectivity index (χ4v) is 3.08. The SMILES string of the molecule is Cc1cc(C(=O)OCC(=O)N[C@@H]2CCC[C@H](C)[C@H]2C)c(C)o1. The maximum absolute atomic E-state index is 12.0. The normalized spacial score (nSPS) is 24.8. The predicted octanol–water partition coefficient (Wildman–Crippen LogP) is 2.99. The van der Waals surface area contributed by atoms with Gasteiger partial charge in [0.25, 0.3) is 5.91 Å². The molecule has 2 rings (SSSR count). The Morgan fingerprint density at radius 1 is 1.32 bits per heavy atom. The summed E-state index contributed by atoms with van der Waals surface area (Å²) in [5, 5.41) is 2.99. The molecule has 122 valence electrons. The Morgan fingerprint density at radius 3 is 2.68 bits per heavy atom. The van der Waals surface area contributed by atoms with Crippen LogP contribution in [-0.4, -0.2) is 24.5 Å². The summed E-state index contributed by atoms with van der Waals surface area (Å²) in [5.74, 6) is 1.47. The van der Waals surface area contributed by atoms with Crippen LogP contribution in [-0.2, 0) is 9.53 Å². The lowest BCUT2D eigenvalue weighted by Crippen LogP contribution is -2.45. The summed E-state index contributed by atoms with van der Waals surface area (Å²) in [6.07, 6.45) is 3.33. The van der Waals surface area contributed by atoms with Gasteiger partial charge in [0.1, 0.15) is 17.1 Å². The Hall–Kier alpha value is -1.78. The Kier molecular flexibility index (Phi) is 5.27. The van der Waals surface area contributed by atoms with Gasteiger partial charge >= 0.3 is 5.97 Å². The Labute approximate surface area is 131 Å². The molecule has 1 N–H and O–H groups in total. The monoisotopic (exact) mass is 307 g/mol. The maximum Gasteiger partial charge on any atom is 0.342 e. The summed E-state index contributed by atoms with van der Waals surface area (Å²) in [5.41, 5.74) is 0.380. The highest BCUT2D eigenvalue weighted by Gasteiger charge is 2.28. The van der Waals surface area contributed by atoms with E-state index in [1.165, 1.54) is 6.42 Å². The molecule has 5 nitrogen and oxygen atoms in total. The number of furan rings is 1. The van der Waals surface area contributed by atoms with Gasteiger partial charge in [0.2, 0.25) is 0 Å². The van der Waals surface area contributed by atoms with Crippen molar-refractivity contribution in [3.8, 4) is 0 Å². The van der Waals surface area contributed by atoms with Crippen LogP contribution in [0.25, 0.3) is 0 Å². The molecule has 0 radical (unpaired) electrons. The molecule has 0 unspecified atom stereocenters. The average Bonchev–Trinajstić information content (AvgIpc) is 2.80. The van der Waals surface area contributed by atoms with Crippen molar-refractivity contribution in [1.29, 1.82) is 0 Å². The van der Waals surface area contributed by atoms with E-state index < -0.39 is 5.97 Å². The standard InChI is InChI=1S/C17H25NO4/c1-10-6-5-7-15(12(10)3)18-16(19)9-21-17(20)14-8-11(2)22-13(14)4/h8,10,12,15H,5-7,9H2,1-4H3,(H,18,19)/t10-,12+,15+/m0/s1. The zero-order valence-corrected chi connectivity index (χ0v) is 13.8. The van der Waals surface area contributed by atoms with Gasteiger partial charge in [-0.2, -0.15) is 0 Å². The van der Waals surface area contributed by atoms with Crippen molar-refractivity contribution in [1.82, 2.24) is 5.32 Å². The number of hydrogen-bond acceptors (Lipinski definition) is 4. The first-order chi connectivity index (χ1) is 10.4. The molecule has 1 amide bonds. The summed E-state index contributed by atoms with van der Waals surface area (Å²) in [4.78, 5) is 23.9. The second-order valence-electron chi connectivity index (χ2n) is 6.34. The van der Waals surface area contributed by atoms with Crippen molar-refractivity contribution < 1.29 is 18.7 Å². The molecular formula is C17H25NO4. The summed E-state index contributed by atoms with van der Waals surface area (Å²) in [7, 11) is 0. The van der Waals surface area contributed by atoms with Crippen LogP contribution in [0.15, 0.2) is 10.5 Å². The zero-order chi connectivity index (χ0) is 16.3. The first-order valence-electron chi connectivity index (χ1n) is 7.92. The number of nitrogens with one attached hydrogen (secondary N) is 1. The third-order valence-electron chi connectivity index (χ3n) is 4.65. The van der Waals surface area contributed by atoms with Crippen molar-refractivity contribution in [2.45, 2.75) is 53.0 Å². The summed E-state index contributed by atoms with van der Waals surface area (Å²) in [6, 6.07) is 1.80. The van der Waals surface area contributed by atoms with Gasteiger partial charge < -0.3 is 14.5 Å². The van der Waals surface area contributed by atoms with E-state index in [0.29, 0.717) is 28.9 Å². The van der Waals surface area contributed by atoms with Gasteiger partial charge in [0.05, 0.1) is 0 Å². The minimum absolute atomic E-state index is 0.174. The minimum atomic E-state index is -0.519. The van der Waals surface area contributed by atoms with Crippen LogP contribution in [0.3, 0.4) is 0 Å². The van der Waals surface area contributed by atoms with E-state index in [2.05, 4.69) is 19.2 Å². The van der Waals surface area contributed by atoms with Gasteiger partial charge in [-0.3, -0.25) is 4.79 Å². The highest BCUT2D eigenvalue weighted by Crippen LogP contribution is 2.29. The third-order valence-corrected chi connectivity index (χ3v) is 4.65. The van der Waals surface area contributed by atoms with Crippen molar-refractivity contribution in [2.24, 2.45) is 11.8 Å². The number of rotatable bonds is 4. The molecule has 1 saturated carbocycles. The van der Waals surface area contributed by atoms with E-state index >= 15 is 0 Å². The number of ether oxygens (including phenoxy) is 1. The molecule has 1 aromatic rings. The maximum atomic E-state index is 12.0. The lowest BCUT2D eigenvalue weighted by molar-refractivity contribution is -0.125. The molecule has 0 aliphatic heterocycles. The molecule has 1 aliphatic rings. The highest BCUT2D eigenvalue weighted by atomic mass is 16.5. The lowest BCUT2D eigenvalue weighted by atomic mass is 9.78. The smallest absolute Gasteiger partial charge is 0.342 e. The Morgan fingerprint density at radius 2 is 2.05 bits per heavy atom. The second kappa shape index (κ2) is 6.99. The number of carbonyl (C=O) groups is 2. The Balaban J connectivity index is 1.82. The van der Waals surface area contributed by atoms with Crippen molar-refractivity contribution in [2.75, 3.05) is 6.61 Å². The van der Waals surface area contributed by atoms with Crippen LogP contribution in [0.5, 0.6) is 0 Å². The van der Waals surface area contributed by atoms with Crippen LogP contribution in [0.2, 0.25) is 0 Å². The number of amides is 1. The van der Waals surface area contributed by atoms with Crippen LogP contribution < -0.4 is 5.32 Å². The largest absolute Gasteiger partial charge is 0.466 e. The molecule has 0 bridgehead atoms. The van der Waals surface area contributed by atoms with Gasteiger partial charge in [0, 0.05) is 6.04 Å². The first kappa shape index (κ1) is 16.6. The molecular weight excluding hydrogens is 282 g/mol. The van der Waals surface area contributed by atoms with E-state index in [0.717, 1.165) is 12.8 Å². The van der Waals surface area contributed by atoms with Gasteiger partial charge in [-0.25, -0.2) is 4.79 Å². The highest BCUT2D eigenvalue weighted by molar-refractivity contribution is 5.92. The van der Waals surface area contributed by atoms with Crippen LogP contribution in [0.4, 0.5) is 0 Å². The molecule has 0 saturated heterocycles.